The normalized spacial score (nSPS) is 25.5. The first kappa shape index (κ1) is 18.3. The quantitative estimate of drug-likeness (QED) is 0.850. The van der Waals surface area contributed by atoms with E-state index in [2.05, 4.69) is 4.72 Å². The molecule has 2 fully saturated rings. The highest BCUT2D eigenvalue weighted by Gasteiger charge is 2.30. The summed E-state index contributed by atoms with van der Waals surface area (Å²) in [7, 11) is -3.54. The number of rotatable bonds is 5. The average molecular weight is 367 g/mol. The van der Waals surface area contributed by atoms with E-state index in [1.807, 2.05) is 38.1 Å². The van der Waals surface area contributed by atoms with Crippen molar-refractivity contribution in [3.63, 3.8) is 0 Å². The van der Waals surface area contributed by atoms with Crippen LogP contribution in [0.25, 0.3) is 0 Å². The molecule has 2 saturated heterocycles. The first-order valence-electron chi connectivity index (χ1n) is 8.64. The highest BCUT2D eigenvalue weighted by atomic mass is 32.2. The molecule has 7 nitrogen and oxygen atoms in total. The van der Waals surface area contributed by atoms with Crippen molar-refractivity contribution in [2.75, 3.05) is 24.5 Å². The molecular formula is C17H25N3O4S. The van der Waals surface area contributed by atoms with E-state index in [0.717, 1.165) is 24.2 Å². The van der Waals surface area contributed by atoms with Crippen molar-refractivity contribution in [2.45, 2.75) is 45.4 Å². The fourth-order valence-electron chi connectivity index (χ4n) is 3.31. The van der Waals surface area contributed by atoms with E-state index in [1.165, 1.54) is 4.31 Å². The summed E-state index contributed by atoms with van der Waals surface area (Å²) in [5.41, 5.74) is 1.72. The highest BCUT2D eigenvalue weighted by molar-refractivity contribution is 7.87. The van der Waals surface area contributed by atoms with E-state index in [1.54, 1.807) is 4.90 Å². The maximum absolute atomic E-state index is 12.5. The Balaban J connectivity index is 1.60. The van der Waals surface area contributed by atoms with Gasteiger partial charge in [-0.25, -0.2) is 0 Å². The van der Waals surface area contributed by atoms with Crippen LogP contribution in [0.4, 0.5) is 5.69 Å². The van der Waals surface area contributed by atoms with Crippen LogP contribution >= 0.6 is 0 Å². The van der Waals surface area contributed by atoms with E-state index in [4.69, 9.17) is 4.74 Å². The molecule has 1 aromatic carbocycles. The standard InChI is InChI=1S/C17H25N3O4S/c1-13-11-19(12-14(2)24-13)25(22,23)18-10-15-5-7-16(8-6-15)20-9-3-4-17(20)21/h5-8,13-14,18H,3-4,9-12H2,1-2H3. The molecule has 0 saturated carbocycles. The zero-order chi connectivity index (χ0) is 18.0. The third kappa shape index (κ3) is 4.38. The van der Waals surface area contributed by atoms with Crippen molar-refractivity contribution >= 4 is 21.8 Å². The summed E-state index contributed by atoms with van der Waals surface area (Å²) in [5, 5.41) is 0. The van der Waals surface area contributed by atoms with Crippen molar-refractivity contribution in [1.82, 2.24) is 9.03 Å². The molecule has 0 bridgehead atoms. The number of nitrogens with zero attached hydrogens (tertiary/aromatic N) is 2. The summed E-state index contributed by atoms with van der Waals surface area (Å²) < 4.78 is 34.6. The van der Waals surface area contributed by atoms with Gasteiger partial charge in [-0.15, -0.1) is 0 Å². The van der Waals surface area contributed by atoms with Gasteiger partial charge in [0.1, 0.15) is 0 Å². The summed E-state index contributed by atoms with van der Waals surface area (Å²) in [6.07, 6.45) is 1.25. The molecule has 2 atom stereocenters. The zero-order valence-electron chi connectivity index (χ0n) is 14.6. The second kappa shape index (κ2) is 7.41. The Hall–Kier alpha value is -1.48. The number of hydrogen-bond acceptors (Lipinski definition) is 4. The van der Waals surface area contributed by atoms with Gasteiger partial charge >= 0.3 is 0 Å². The zero-order valence-corrected chi connectivity index (χ0v) is 15.5. The van der Waals surface area contributed by atoms with Crippen molar-refractivity contribution < 1.29 is 17.9 Å². The SMILES string of the molecule is CC1CN(S(=O)(=O)NCc2ccc(N3CCCC3=O)cc2)CC(C)O1. The lowest BCUT2D eigenvalue weighted by Gasteiger charge is -2.34. The largest absolute Gasteiger partial charge is 0.373 e. The van der Waals surface area contributed by atoms with Gasteiger partial charge in [0.05, 0.1) is 12.2 Å². The molecule has 0 aromatic heterocycles. The Bertz CT molecular complexity index is 710. The number of hydrogen-bond donors (Lipinski definition) is 1. The smallest absolute Gasteiger partial charge is 0.279 e. The minimum Gasteiger partial charge on any atom is -0.373 e. The first-order chi connectivity index (χ1) is 11.8. The second-order valence-electron chi connectivity index (χ2n) is 6.72. The van der Waals surface area contributed by atoms with Crippen LogP contribution in [-0.4, -0.2) is 50.5 Å². The van der Waals surface area contributed by atoms with Crippen LogP contribution in [-0.2, 0) is 26.3 Å². The van der Waals surface area contributed by atoms with Crippen molar-refractivity contribution in [1.29, 1.82) is 0 Å². The summed E-state index contributed by atoms with van der Waals surface area (Å²) in [5.74, 6) is 0.143. The van der Waals surface area contributed by atoms with Crippen LogP contribution in [0.2, 0.25) is 0 Å². The van der Waals surface area contributed by atoms with Crippen molar-refractivity contribution in [2.24, 2.45) is 0 Å². The van der Waals surface area contributed by atoms with Crippen LogP contribution in [0.1, 0.15) is 32.3 Å². The van der Waals surface area contributed by atoms with Gasteiger partial charge in [-0.3, -0.25) is 4.79 Å². The fourth-order valence-corrected chi connectivity index (χ4v) is 4.65. The Morgan fingerprint density at radius 2 is 1.80 bits per heavy atom. The number of anilines is 1. The Labute approximate surface area is 149 Å². The number of amides is 1. The molecule has 2 unspecified atom stereocenters. The summed E-state index contributed by atoms with van der Waals surface area (Å²) in [6, 6.07) is 7.44. The van der Waals surface area contributed by atoms with Gasteiger partial charge in [0.2, 0.25) is 5.91 Å². The fraction of sp³-hybridized carbons (Fsp3) is 0.588. The molecule has 0 radical (unpaired) electrons. The van der Waals surface area contributed by atoms with Gasteiger partial charge < -0.3 is 9.64 Å². The molecule has 138 valence electrons. The van der Waals surface area contributed by atoms with Crippen LogP contribution in [0.15, 0.2) is 24.3 Å². The number of ether oxygens (including phenoxy) is 1. The van der Waals surface area contributed by atoms with Gasteiger partial charge in [0, 0.05) is 38.3 Å². The number of carbonyl (C=O) groups excluding carboxylic acids is 1. The van der Waals surface area contributed by atoms with E-state index in [9.17, 15) is 13.2 Å². The van der Waals surface area contributed by atoms with Gasteiger partial charge in [-0.05, 0) is 38.0 Å². The molecule has 3 rings (SSSR count). The lowest BCUT2D eigenvalue weighted by atomic mass is 10.2. The molecule has 1 amide bonds. The second-order valence-corrected chi connectivity index (χ2v) is 8.47. The number of carbonyl (C=O) groups is 1. The van der Waals surface area contributed by atoms with E-state index in [-0.39, 0.29) is 24.7 Å². The number of nitrogens with one attached hydrogen (secondary N) is 1. The number of morpholine rings is 1. The van der Waals surface area contributed by atoms with Gasteiger partial charge in [0.25, 0.3) is 10.2 Å². The predicted octanol–water partition coefficient (Wildman–Crippen LogP) is 1.26. The number of benzene rings is 1. The summed E-state index contributed by atoms with van der Waals surface area (Å²) in [4.78, 5) is 13.5. The van der Waals surface area contributed by atoms with Crippen LogP contribution in [0, 0.1) is 0 Å². The van der Waals surface area contributed by atoms with Crippen molar-refractivity contribution in [3.05, 3.63) is 29.8 Å². The van der Waals surface area contributed by atoms with Crippen LogP contribution in [0.5, 0.6) is 0 Å². The Morgan fingerprint density at radius 1 is 1.16 bits per heavy atom. The van der Waals surface area contributed by atoms with Crippen LogP contribution < -0.4 is 9.62 Å². The molecule has 25 heavy (non-hydrogen) atoms. The maximum atomic E-state index is 12.5. The van der Waals surface area contributed by atoms with Gasteiger partial charge in [-0.2, -0.15) is 17.4 Å². The minimum absolute atomic E-state index is 0.113. The van der Waals surface area contributed by atoms with E-state index in [0.29, 0.717) is 19.5 Å². The molecule has 0 spiro atoms. The van der Waals surface area contributed by atoms with Gasteiger partial charge in [-0.1, -0.05) is 12.1 Å². The van der Waals surface area contributed by atoms with Crippen LogP contribution in [0.3, 0.4) is 0 Å². The average Bonchev–Trinajstić information content (AvgIpc) is 2.99. The monoisotopic (exact) mass is 367 g/mol. The van der Waals surface area contributed by atoms with E-state index >= 15 is 0 Å². The molecule has 2 aliphatic rings. The highest BCUT2D eigenvalue weighted by Crippen LogP contribution is 2.21. The molecule has 8 heteroatoms. The maximum Gasteiger partial charge on any atom is 0.279 e. The molecule has 2 heterocycles. The predicted molar refractivity (Wildman–Crippen MR) is 95.4 cm³/mol. The minimum atomic E-state index is -3.54. The van der Waals surface area contributed by atoms with Gasteiger partial charge in [0.15, 0.2) is 0 Å². The molecule has 1 aromatic rings. The first-order valence-corrected chi connectivity index (χ1v) is 10.1. The summed E-state index contributed by atoms with van der Waals surface area (Å²) in [6.45, 7) is 5.42. The lowest BCUT2D eigenvalue weighted by Crippen LogP contribution is -2.51. The Kier molecular flexibility index (Phi) is 5.43. The third-order valence-electron chi connectivity index (χ3n) is 4.51. The lowest BCUT2D eigenvalue weighted by molar-refractivity contribution is -0.117. The molecule has 1 N–H and O–H groups in total. The topological polar surface area (TPSA) is 79.0 Å². The third-order valence-corrected chi connectivity index (χ3v) is 5.99. The van der Waals surface area contributed by atoms with E-state index < -0.39 is 10.2 Å². The van der Waals surface area contributed by atoms with Crippen molar-refractivity contribution in [3.8, 4) is 0 Å². The Morgan fingerprint density at radius 3 is 2.36 bits per heavy atom. The molecule has 0 aliphatic carbocycles. The molecular weight excluding hydrogens is 342 g/mol. The summed E-state index contributed by atoms with van der Waals surface area (Å²) >= 11 is 0. The molecule has 2 aliphatic heterocycles.